The van der Waals surface area contributed by atoms with Crippen LogP contribution in [0.2, 0.25) is 6.32 Å². The van der Waals surface area contributed by atoms with Crippen molar-refractivity contribution in [3.63, 3.8) is 0 Å². The van der Waals surface area contributed by atoms with E-state index in [1.807, 2.05) is 79.7 Å². The SMILES string of the molecule is CC/C(=C\c1ccccc1O)CC[C@H]1OB(O)C[C@H]2C1=C(C)C[C@H]1C(=O)N(c3ccc(Nc4ccccc4)cc3)C(=O)[C@H]12. The molecule has 2 amide bonds. The van der Waals surface area contributed by atoms with Gasteiger partial charge in [0.15, 0.2) is 0 Å². The number of benzene rings is 3. The zero-order valence-corrected chi connectivity index (χ0v) is 24.6. The van der Waals surface area contributed by atoms with Crippen LogP contribution in [0.5, 0.6) is 5.75 Å². The van der Waals surface area contributed by atoms with Gasteiger partial charge in [0, 0.05) is 16.9 Å². The molecule has 7 nitrogen and oxygen atoms in total. The van der Waals surface area contributed by atoms with Crippen molar-refractivity contribution in [3.8, 4) is 5.75 Å². The van der Waals surface area contributed by atoms with E-state index in [9.17, 15) is 19.7 Å². The summed E-state index contributed by atoms with van der Waals surface area (Å²) in [5, 5.41) is 24.4. The Bertz CT molecular complexity index is 1570. The lowest BCUT2D eigenvalue weighted by Gasteiger charge is -2.42. The maximum Gasteiger partial charge on any atom is 0.455 e. The summed E-state index contributed by atoms with van der Waals surface area (Å²) >= 11 is 0. The van der Waals surface area contributed by atoms with Crippen LogP contribution in [0.15, 0.2) is 95.6 Å². The van der Waals surface area contributed by atoms with Crippen LogP contribution in [-0.2, 0) is 14.2 Å². The number of phenols is 1. The number of aromatic hydroxyl groups is 1. The van der Waals surface area contributed by atoms with Crippen LogP contribution in [0.1, 0.15) is 45.1 Å². The Balaban J connectivity index is 1.21. The number of allylic oxidation sites excluding steroid dienone is 2. The highest BCUT2D eigenvalue weighted by Crippen LogP contribution is 2.51. The van der Waals surface area contributed by atoms with E-state index in [1.54, 1.807) is 12.1 Å². The number of carbonyl (C=O) groups excluding carboxylic acids is 2. The van der Waals surface area contributed by atoms with Gasteiger partial charge in [0.2, 0.25) is 11.8 Å². The first-order valence-electron chi connectivity index (χ1n) is 15.1. The minimum absolute atomic E-state index is 0.173. The van der Waals surface area contributed by atoms with Gasteiger partial charge in [0.05, 0.1) is 23.6 Å². The summed E-state index contributed by atoms with van der Waals surface area (Å²) in [6, 6.07) is 24.5. The summed E-state index contributed by atoms with van der Waals surface area (Å²) in [5.74, 6) is -1.34. The molecule has 2 fully saturated rings. The lowest BCUT2D eigenvalue weighted by Crippen LogP contribution is -2.46. The molecule has 0 saturated carbocycles. The molecule has 1 aliphatic carbocycles. The third-order valence-electron chi connectivity index (χ3n) is 9.12. The van der Waals surface area contributed by atoms with Gasteiger partial charge in [-0.15, -0.1) is 0 Å². The molecule has 3 aliphatic rings. The number of nitrogens with one attached hydrogen (secondary N) is 1. The van der Waals surface area contributed by atoms with Crippen LogP contribution >= 0.6 is 0 Å². The van der Waals surface area contributed by atoms with Gasteiger partial charge in [-0.3, -0.25) is 14.5 Å². The van der Waals surface area contributed by atoms with Gasteiger partial charge < -0.3 is 20.1 Å². The highest BCUT2D eigenvalue weighted by atomic mass is 16.5. The first kappa shape index (κ1) is 29.0. The Morgan fingerprint density at radius 2 is 1.67 bits per heavy atom. The fourth-order valence-corrected chi connectivity index (χ4v) is 7.05. The number of anilines is 3. The largest absolute Gasteiger partial charge is 0.507 e. The van der Waals surface area contributed by atoms with Crippen LogP contribution in [0.25, 0.3) is 6.08 Å². The summed E-state index contributed by atoms with van der Waals surface area (Å²) in [7, 11) is -1.00. The van der Waals surface area contributed by atoms with Crippen molar-refractivity contribution < 1.29 is 24.4 Å². The van der Waals surface area contributed by atoms with Gasteiger partial charge in [-0.05, 0) is 92.9 Å². The molecule has 2 aliphatic heterocycles. The topological polar surface area (TPSA) is 99.1 Å². The molecule has 8 heteroatoms. The molecule has 0 unspecified atom stereocenters. The molecular weight excluding hydrogens is 539 g/mol. The third kappa shape index (κ3) is 5.77. The Hall–Kier alpha value is -4.14. The second-order valence-corrected chi connectivity index (χ2v) is 11.8. The van der Waals surface area contributed by atoms with E-state index >= 15 is 0 Å². The molecule has 3 N–H and O–H groups in total. The maximum absolute atomic E-state index is 14.0. The number of phenolic OH excluding ortho intramolecular Hbond substituents is 1. The number of para-hydroxylation sites is 2. The van der Waals surface area contributed by atoms with Gasteiger partial charge >= 0.3 is 7.12 Å². The van der Waals surface area contributed by atoms with Crippen LogP contribution < -0.4 is 10.2 Å². The van der Waals surface area contributed by atoms with Crippen molar-refractivity contribution in [1.82, 2.24) is 0 Å². The summed E-state index contributed by atoms with van der Waals surface area (Å²) in [6.07, 6.45) is 4.67. The van der Waals surface area contributed by atoms with E-state index < -0.39 is 19.0 Å². The standard InChI is InChI=1S/C35H37BN2O5/c1-3-23(20-24-9-7-8-12-30(24)39)13-18-31-32-22(2)19-28-33(29(32)21-36(42)43-31)35(41)38(34(28)40)27-16-14-26(15-17-27)37-25-10-5-4-6-11-25/h4-12,14-17,20,28-29,31,33,37,39,42H,3,13,18-19,21H2,1-2H3/b23-20+/t28-,29+,31-,33-/m1/s1. The number of amides is 2. The Labute approximate surface area is 253 Å². The fraction of sp³-hybridized carbons (Fsp3) is 0.314. The van der Waals surface area contributed by atoms with Crippen LogP contribution in [0.4, 0.5) is 17.1 Å². The predicted molar refractivity (Wildman–Crippen MR) is 170 cm³/mol. The number of nitrogens with zero attached hydrogens (tertiary/aromatic N) is 1. The lowest BCUT2D eigenvalue weighted by molar-refractivity contribution is -0.122. The number of hydrogen-bond acceptors (Lipinski definition) is 6. The van der Waals surface area contributed by atoms with Gasteiger partial charge in [-0.1, -0.05) is 60.5 Å². The van der Waals surface area contributed by atoms with Gasteiger partial charge in [0.25, 0.3) is 0 Å². The number of rotatable bonds is 8. The molecule has 0 radical (unpaired) electrons. The van der Waals surface area contributed by atoms with Crippen molar-refractivity contribution in [2.24, 2.45) is 17.8 Å². The van der Waals surface area contributed by atoms with Crippen molar-refractivity contribution >= 4 is 42.1 Å². The second kappa shape index (κ2) is 12.2. The van der Waals surface area contributed by atoms with Crippen molar-refractivity contribution in [1.29, 1.82) is 0 Å². The normalized spacial score (nSPS) is 23.8. The average molecular weight is 577 g/mol. The molecule has 0 spiro atoms. The van der Waals surface area contributed by atoms with E-state index in [1.165, 1.54) is 4.90 Å². The summed E-state index contributed by atoms with van der Waals surface area (Å²) in [4.78, 5) is 29.0. The lowest BCUT2D eigenvalue weighted by atomic mass is 9.59. The molecular formula is C35H37BN2O5. The highest BCUT2D eigenvalue weighted by Gasteiger charge is 2.57. The van der Waals surface area contributed by atoms with Crippen LogP contribution in [0, 0.1) is 17.8 Å². The number of fused-ring (bicyclic) bond motifs is 3. The molecule has 0 aromatic heterocycles. The molecule has 4 atom stereocenters. The third-order valence-corrected chi connectivity index (χ3v) is 9.12. The van der Waals surface area contributed by atoms with E-state index in [-0.39, 0.29) is 29.6 Å². The van der Waals surface area contributed by atoms with Crippen LogP contribution in [0.3, 0.4) is 0 Å². The molecule has 6 rings (SSSR count). The Morgan fingerprint density at radius 1 is 0.977 bits per heavy atom. The van der Waals surface area contributed by atoms with Crippen molar-refractivity contribution in [3.05, 3.63) is 101 Å². The molecule has 3 aromatic rings. The van der Waals surface area contributed by atoms with Crippen LogP contribution in [-0.4, -0.2) is 35.2 Å². The monoisotopic (exact) mass is 576 g/mol. The van der Waals surface area contributed by atoms with E-state index in [0.29, 0.717) is 24.8 Å². The molecule has 43 heavy (non-hydrogen) atoms. The number of hydrogen-bond donors (Lipinski definition) is 3. The zero-order chi connectivity index (χ0) is 30.1. The highest BCUT2D eigenvalue weighted by molar-refractivity contribution is 6.43. The first-order valence-corrected chi connectivity index (χ1v) is 15.1. The zero-order valence-electron chi connectivity index (χ0n) is 24.6. The summed E-state index contributed by atoms with van der Waals surface area (Å²) in [5.41, 5.74) is 6.47. The molecule has 3 aromatic carbocycles. The van der Waals surface area contributed by atoms with Gasteiger partial charge in [-0.25, -0.2) is 0 Å². The predicted octanol–water partition coefficient (Wildman–Crippen LogP) is 6.73. The Morgan fingerprint density at radius 3 is 2.40 bits per heavy atom. The molecule has 220 valence electrons. The minimum atomic E-state index is -1.00. The van der Waals surface area contributed by atoms with Gasteiger partial charge in [0.1, 0.15) is 5.75 Å². The van der Waals surface area contributed by atoms with E-state index in [4.69, 9.17) is 4.65 Å². The minimum Gasteiger partial charge on any atom is -0.507 e. The summed E-state index contributed by atoms with van der Waals surface area (Å²) in [6.45, 7) is 4.12. The summed E-state index contributed by atoms with van der Waals surface area (Å²) < 4.78 is 6.08. The van der Waals surface area contributed by atoms with Gasteiger partial charge in [-0.2, -0.15) is 0 Å². The second-order valence-electron chi connectivity index (χ2n) is 11.8. The quantitative estimate of drug-likeness (QED) is 0.156. The molecule has 2 heterocycles. The van der Waals surface area contributed by atoms with Crippen molar-refractivity contribution in [2.45, 2.75) is 52.0 Å². The smallest absolute Gasteiger partial charge is 0.455 e. The number of carbonyl (C=O) groups is 2. The average Bonchev–Trinajstić information content (AvgIpc) is 3.25. The van der Waals surface area contributed by atoms with Crippen molar-refractivity contribution in [2.75, 3.05) is 10.2 Å². The maximum atomic E-state index is 14.0. The Kier molecular flexibility index (Phi) is 8.24. The number of imide groups is 1. The fourth-order valence-electron chi connectivity index (χ4n) is 7.05. The molecule has 0 bridgehead atoms. The van der Waals surface area contributed by atoms with E-state index in [2.05, 4.69) is 12.2 Å². The van der Waals surface area contributed by atoms with E-state index in [0.717, 1.165) is 46.5 Å². The molecule has 2 saturated heterocycles. The first-order chi connectivity index (χ1) is 20.8.